The van der Waals surface area contributed by atoms with Crippen LogP contribution in [0.15, 0.2) is 45.4 Å². The van der Waals surface area contributed by atoms with E-state index in [4.69, 9.17) is 9.15 Å². The molecule has 6 heteroatoms. The van der Waals surface area contributed by atoms with Crippen LogP contribution in [0.5, 0.6) is 5.75 Å². The van der Waals surface area contributed by atoms with Gasteiger partial charge in [0.25, 0.3) is 0 Å². The van der Waals surface area contributed by atoms with Crippen molar-refractivity contribution in [1.82, 2.24) is 0 Å². The van der Waals surface area contributed by atoms with E-state index in [-0.39, 0.29) is 16.5 Å². The molecule has 1 aliphatic carbocycles. The summed E-state index contributed by atoms with van der Waals surface area (Å²) in [7, 11) is 0. The summed E-state index contributed by atoms with van der Waals surface area (Å²) >= 11 is 0. The number of halogens is 3. The highest BCUT2D eigenvalue weighted by atomic mass is 19.2. The Hall–Kier alpha value is -2.50. The highest BCUT2D eigenvalue weighted by molar-refractivity contribution is 5.85. The van der Waals surface area contributed by atoms with Crippen molar-refractivity contribution in [3.63, 3.8) is 0 Å². The van der Waals surface area contributed by atoms with Crippen LogP contribution in [0.25, 0.3) is 16.6 Å². The Morgan fingerprint density at radius 3 is 2.66 bits per heavy atom. The van der Waals surface area contributed by atoms with Crippen LogP contribution in [0, 0.1) is 17.7 Å². The molecule has 0 saturated heterocycles. The van der Waals surface area contributed by atoms with Gasteiger partial charge in [0.05, 0.1) is 6.61 Å². The van der Waals surface area contributed by atoms with Gasteiger partial charge in [0, 0.05) is 5.92 Å². The van der Waals surface area contributed by atoms with E-state index in [1.54, 1.807) is 0 Å². The van der Waals surface area contributed by atoms with Crippen molar-refractivity contribution in [3.8, 4) is 5.75 Å². The first-order valence-corrected chi connectivity index (χ1v) is 11.5. The molecule has 32 heavy (non-hydrogen) atoms. The molecule has 2 aromatic rings. The van der Waals surface area contributed by atoms with Crippen molar-refractivity contribution in [2.45, 2.75) is 65.2 Å². The maximum Gasteiger partial charge on any atom is 0.347 e. The third kappa shape index (κ3) is 5.64. The van der Waals surface area contributed by atoms with Gasteiger partial charge < -0.3 is 9.15 Å². The van der Waals surface area contributed by atoms with Gasteiger partial charge in [-0.25, -0.2) is 13.6 Å². The second kappa shape index (κ2) is 11.4. The van der Waals surface area contributed by atoms with Crippen molar-refractivity contribution in [2.24, 2.45) is 11.8 Å². The molecule has 3 nitrogen and oxygen atoms in total. The fraction of sp³-hybridized carbons (Fsp3) is 0.500. The van der Waals surface area contributed by atoms with Crippen molar-refractivity contribution in [3.05, 3.63) is 58.2 Å². The number of benzene rings is 1. The third-order valence-electron chi connectivity index (χ3n) is 6.20. The second-order valence-electron chi connectivity index (χ2n) is 8.47. The van der Waals surface area contributed by atoms with Gasteiger partial charge in [0.1, 0.15) is 11.2 Å². The minimum atomic E-state index is -1.18. The Kier molecular flexibility index (Phi) is 8.60. The van der Waals surface area contributed by atoms with E-state index < -0.39 is 34.8 Å². The molecule has 0 amide bonds. The molecule has 0 N–H and O–H groups in total. The van der Waals surface area contributed by atoms with E-state index in [2.05, 4.69) is 6.08 Å². The first-order chi connectivity index (χ1) is 15.5. The minimum Gasteiger partial charge on any atom is -0.490 e. The SMILES string of the molecule is C/C=C/CCC1CCC(/C(F)=C(\F)c2cc3ccc(OCCCC)c(F)c3c(=O)o2)CC1. The molecule has 1 saturated carbocycles. The topological polar surface area (TPSA) is 39.4 Å². The molecule has 1 fully saturated rings. The lowest BCUT2D eigenvalue weighted by Gasteiger charge is -2.27. The van der Waals surface area contributed by atoms with Gasteiger partial charge in [-0.15, -0.1) is 0 Å². The molecule has 0 spiro atoms. The minimum absolute atomic E-state index is 0.0561. The Balaban J connectivity index is 1.79. The molecule has 1 aromatic heterocycles. The van der Waals surface area contributed by atoms with E-state index in [1.165, 1.54) is 18.2 Å². The monoisotopic (exact) mass is 448 g/mol. The molecule has 1 heterocycles. The predicted molar refractivity (Wildman–Crippen MR) is 121 cm³/mol. The molecule has 0 aliphatic heterocycles. The van der Waals surface area contributed by atoms with Gasteiger partial charge in [0.15, 0.2) is 23.2 Å². The summed E-state index contributed by atoms with van der Waals surface area (Å²) in [4.78, 5) is 12.4. The normalized spacial score (nSPS) is 20.0. The van der Waals surface area contributed by atoms with Crippen LogP contribution in [0.3, 0.4) is 0 Å². The van der Waals surface area contributed by atoms with E-state index in [0.717, 1.165) is 38.5 Å². The lowest BCUT2D eigenvalue weighted by Crippen LogP contribution is -2.15. The highest BCUT2D eigenvalue weighted by Crippen LogP contribution is 2.39. The van der Waals surface area contributed by atoms with Crippen LogP contribution in [-0.4, -0.2) is 6.61 Å². The summed E-state index contributed by atoms with van der Waals surface area (Å²) in [5.74, 6) is -3.48. The summed E-state index contributed by atoms with van der Waals surface area (Å²) < 4.78 is 54.9. The van der Waals surface area contributed by atoms with Crippen LogP contribution in [-0.2, 0) is 0 Å². The van der Waals surface area contributed by atoms with Gasteiger partial charge in [-0.1, -0.05) is 31.6 Å². The number of fused-ring (bicyclic) bond motifs is 1. The maximum atomic E-state index is 14.9. The Morgan fingerprint density at radius 2 is 1.97 bits per heavy atom. The quantitative estimate of drug-likeness (QED) is 0.289. The Morgan fingerprint density at radius 1 is 1.22 bits per heavy atom. The van der Waals surface area contributed by atoms with Crippen molar-refractivity contribution in [1.29, 1.82) is 0 Å². The molecular weight excluding hydrogens is 417 g/mol. The van der Waals surface area contributed by atoms with E-state index in [1.807, 2.05) is 19.9 Å². The number of ether oxygens (including phenoxy) is 1. The van der Waals surface area contributed by atoms with Crippen molar-refractivity contribution in [2.75, 3.05) is 6.61 Å². The molecule has 0 bridgehead atoms. The first-order valence-electron chi connectivity index (χ1n) is 11.5. The maximum absolute atomic E-state index is 14.9. The zero-order chi connectivity index (χ0) is 23.1. The highest BCUT2D eigenvalue weighted by Gasteiger charge is 2.28. The van der Waals surface area contributed by atoms with Crippen LogP contribution in [0.1, 0.15) is 71.0 Å². The Labute approximate surface area is 187 Å². The van der Waals surface area contributed by atoms with Crippen LogP contribution in [0.2, 0.25) is 0 Å². The van der Waals surface area contributed by atoms with Gasteiger partial charge in [0.2, 0.25) is 0 Å². The molecule has 174 valence electrons. The Bertz CT molecular complexity index is 1030. The van der Waals surface area contributed by atoms with E-state index >= 15 is 0 Å². The lowest BCUT2D eigenvalue weighted by molar-refractivity contribution is 0.263. The predicted octanol–water partition coefficient (Wildman–Crippen LogP) is 7.88. The van der Waals surface area contributed by atoms with Gasteiger partial charge in [-0.2, -0.15) is 4.39 Å². The summed E-state index contributed by atoms with van der Waals surface area (Å²) in [5, 5.41) is -0.176. The van der Waals surface area contributed by atoms with E-state index in [9.17, 15) is 18.0 Å². The summed E-state index contributed by atoms with van der Waals surface area (Å²) in [5.41, 5.74) is -1.05. The van der Waals surface area contributed by atoms with Crippen molar-refractivity contribution >= 4 is 16.6 Å². The molecular formula is C26H31F3O3. The van der Waals surface area contributed by atoms with E-state index in [0.29, 0.717) is 25.4 Å². The smallest absolute Gasteiger partial charge is 0.347 e. The van der Waals surface area contributed by atoms with Crippen LogP contribution >= 0.6 is 0 Å². The standard InChI is InChI=1S/C26H31F3O3/c1-3-5-7-8-17-9-11-18(12-10-17)23(27)25(29)21-16-19-13-14-20(31-15-6-4-2)24(28)22(19)26(30)32-21/h3,5,13-14,16-18H,4,6-12,15H2,1-2H3/b5-3+,25-23+. The fourth-order valence-corrected chi connectivity index (χ4v) is 4.27. The van der Waals surface area contributed by atoms with Gasteiger partial charge in [-0.05, 0) is 75.3 Å². The summed E-state index contributed by atoms with van der Waals surface area (Å²) in [6, 6.07) is 4.03. The van der Waals surface area contributed by atoms with Crippen LogP contribution < -0.4 is 10.4 Å². The lowest BCUT2D eigenvalue weighted by atomic mass is 9.79. The van der Waals surface area contributed by atoms with Crippen LogP contribution in [0.4, 0.5) is 13.2 Å². The number of rotatable bonds is 9. The third-order valence-corrected chi connectivity index (χ3v) is 6.20. The van der Waals surface area contributed by atoms with Gasteiger partial charge in [-0.3, -0.25) is 0 Å². The molecule has 1 aliphatic rings. The molecule has 0 unspecified atom stereocenters. The summed E-state index contributed by atoms with van der Waals surface area (Å²) in [6.45, 7) is 4.29. The number of unbranched alkanes of at least 4 members (excludes halogenated alkanes) is 1. The average molecular weight is 449 g/mol. The average Bonchev–Trinajstić information content (AvgIpc) is 2.80. The number of hydrogen-bond donors (Lipinski definition) is 0. The number of hydrogen-bond acceptors (Lipinski definition) is 3. The largest absolute Gasteiger partial charge is 0.490 e. The van der Waals surface area contributed by atoms with Crippen molar-refractivity contribution < 1.29 is 22.3 Å². The zero-order valence-corrected chi connectivity index (χ0v) is 18.8. The first kappa shape index (κ1) is 24.1. The molecule has 3 rings (SSSR count). The molecule has 0 radical (unpaired) electrons. The molecule has 0 atom stereocenters. The second-order valence-corrected chi connectivity index (χ2v) is 8.47. The fourth-order valence-electron chi connectivity index (χ4n) is 4.27. The number of allylic oxidation sites excluding steroid dienone is 3. The molecule has 1 aromatic carbocycles. The zero-order valence-electron chi connectivity index (χ0n) is 18.8. The summed E-state index contributed by atoms with van der Waals surface area (Å²) in [6.07, 6.45) is 10.6. The van der Waals surface area contributed by atoms with Gasteiger partial charge >= 0.3 is 5.63 Å².